The molecule has 2 nitrogen and oxygen atoms in total. The number of hydrogen-bond acceptors (Lipinski definition) is 2. The Morgan fingerprint density at radius 2 is 1.61 bits per heavy atom. The maximum absolute atomic E-state index is 6.01. The molecule has 0 aromatic heterocycles. The van der Waals surface area contributed by atoms with Gasteiger partial charge >= 0.3 is 0 Å². The maximum Gasteiger partial charge on any atom is 0.0642 e. The Balaban J connectivity index is 2.44. The molecular weight excluding hydrogens is 244 g/mol. The number of halogens is 1. The quantitative estimate of drug-likeness (QED) is 0.816. The topological polar surface area (TPSA) is 29.3 Å². The summed E-state index contributed by atoms with van der Waals surface area (Å²) in [5, 5.41) is 0.657. The fourth-order valence-electron chi connectivity index (χ4n) is 2.11. The van der Waals surface area contributed by atoms with Crippen LogP contribution in [-0.4, -0.2) is 7.05 Å². The molecule has 2 aromatic carbocycles. The second-order valence-corrected chi connectivity index (χ2v) is 5.04. The molecule has 0 amide bonds. The van der Waals surface area contributed by atoms with Crippen LogP contribution in [0, 0.1) is 13.8 Å². The fourth-order valence-corrected chi connectivity index (χ4v) is 2.29. The number of hydrogen-bond donors (Lipinski definition) is 1. The van der Waals surface area contributed by atoms with Gasteiger partial charge in [-0.05, 0) is 55.3 Å². The molecule has 0 fully saturated rings. The van der Waals surface area contributed by atoms with E-state index < -0.39 is 0 Å². The van der Waals surface area contributed by atoms with Gasteiger partial charge in [-0.2, -0.15) is 0 Å². The van der Waals surface area contributed by atoms with Crippen molar-refractivity contribution in [2.45, 2.75) is 13.8 Å². The van der Waals surface area contributed by atoms with Gasteiger partial charge in [-0.15, -0.1) is 0 Å². The van der Waals surface area contributed by atoms with Gasteiger partial charge in [0, 0.05) is 17.8 Å². The number of benzene rings is 2. The van der Waals surface area contributed by atoms with E-state index in [1.54, 1.807) is 6.07 Å². The lowest BCUT2D eigenvalue weighted by Crippen LogP contribution is -2.11. The van der Waals surface area contributed by atoms with Gasteiger partial charge in [-0.1, -0.05) is 17.7 Å². The first kappa shape index (κ1) is 12.8. The minimum atomic E-state index is 0.657. The van der Waals surface area contributed by atoms with Crippen molar-refractivity contribution in [2.24, 2.45) is 0 Å². The lowest BCUT2D eigenvalue weighted by Gasteiger charge is -2.22. The number of rotatable bonds is 2. The van der Waals surface area contributed by atoms with E-state index in [0.717, 1.165) is 11.4 Å². The zero-order valence-electron chi connectivity index (χ0n) is 10.9. The average molecular weight is 261 g/mol. The first-order chi connectivity index (χ1) is 8.47. The minimum Gasteiger partial charge on any atom is -0.397 e. The molecule has 2 rings (SSSR count). The molecule has 0 unspecified atom stereocenters. The van der Waals surface area contributed by atoms with E-state index in [0.29, 0.717) is 10.7 Å². The fraction of sp³-hybridized carbons (Fsp3) is 0.200. The summed E-state index contributed by atoms with van der Waals surface area (Å²) in [6.07, 6.45) is 0. The Kier molecular flexibility index (Phi) is 3.48. The van der Waals surface area contributed by atoms with Crippen LogP contribution in [0.3, 0.4) is 0 Å². The number of nitrogens with zero attached hydrogens (tertiary/aromatic N) is 1. The average Bonchev–Trinajstić information content (AvgIpc) is 2.26. The monoisotopic (exact) mass is 260 g/mol. The van der Waals surface area contributed by atoms with Crippen molar-refractivity contribution < 1.29 is 0 Å². The van der Waals surface area contributed by atoms with Crippen LogP contribution >= 0.6 is 11.6 Å². The largest absolute Gasteiger partial charge is 0.397 e. The second kappa shape index (κ2) is 4.91. The van der Waals surface area contributed by atoms with Crippen LogP contribution in [0.5, 0.6) is 0 Å². The second-order valence-electron chi connectivity index (χ2n) is 4.61. The smallest absolute Gasteiger partial charge is 0.0642 e. The third-order valence-corrected chi connectivity index (χ3v) is 3.18. The van der Waals surface area contributed by atoms with Crippen LogP contribution in [0.2, 0.25) is 5.02 Å². The summed E-state index contributed by atoms with van der Waals surface area (Å²) in [6.45, 7) is 4.19. The Bertz CT molecular complexity index is 558. The molecule has 0 aliphatic carbocycles. The standard InChI is InChI=1S/C15H17ClN2/c1-10-6-11(2)8-13(7-10)18(3)15-5-4-12(16)9-14(15)17/h4-9H,17H2,1-3H3. The number of nitrogen functional groups attached to an aromatic ring is 1. The Morgan fingerprint density at radius 1 is 1.00 bits per heavy atom. The van der Waals surface area contributed by atoms with Gasteiger partial charge in [-0.3, -0.25) is 0 Å². The Hall–Kier alpha value is -1.67. The van der Waals surface area contributed by atoms with Crippen molar-refractivity contribution in [3.05, 3.63) is 52.5 Å². The highest BCUT2D eigenvalue weighted by Crippen LogP contribution is 2.31. The summed E-state index contributed by atoms with van der Waals surface area (Å²) in [4.78, 5) is 2.08. The molecule has 0 saturated heterocycles. The van der Waals surface area contributed by atoms with Gasteiger partial charge in [0.15, 0.2) is 0 Å². The van der Waals surface area contributed by atoms with E-state index in [1.165, 1.54) is 11.1 Å². The molecule has 94 valence electrons. The van der Waals surface area contributed by atoms with Crippen molar-refractivity contribution in [1.29, 1.82) is 0 Å². The number of anilines is 3. The third kappa shape index (κ3) is 2.59. The van der Waals surface area contributed by atoms with Crippen molar-refractivity contribution in [2.75, 3.05) is 17.7 Å². The molecule has 0 radical (unpaired) electrons. The summed E-state index contributed by atoms with van der Waals surface area (Å²) in [5.74, 6) is 0. The molecule has 3 heteroatoms. The van der Waals surface area contributed by atoms with Crippen LogP contribution in [0.25, 0.3) is 0 Å². The first-order valence-electron chi connectivity index (χ1n) is 5.84. The zero-order chi connectivity index (χ0) is 13.3. The minimum absolute atomic E-state index is 0.657. The molecule has 0 aliphatic rings. The molecule has 0 atom stereocenters. The summed E-state index contributed by atoms with van der Waals surface area (Å²) < 4.78 is 0. The summed E-state index contributed by atoms with van der Waals surface area (Å²) >= 11 is 5.92. The van der Waals surface area contributed by atoms with Crippen LogP contribution < -0.4 is 10.6 Å². The first-order valence-corrected chi connectivity index (χ1v) is 6.22. The molecule has 2 aromatic rings. The molecule has 0 heterocycles. The summed E-state index contributed by atoms with van der Waals surface area (Å²) in [7, 11) is 2.01. The van der Waals surface area contributed by atoms with Gasteiger partial charge in [0.05, 0.1) is 11.4 Å². The third-order valence-electron chi connectivity index (χ3n) is 2.94. The molecule has 0 bridgehead atoms. The van der Waals surface area contributed by atoms with Crippen LogP contribution in [0.1, 0.15) is 11.1 Å². The van der Waals surface area contributed by atoms with Crippen LogP contribution in [0.15, 0.2) is 36.4 Å². The molecule has 18 heavy (non-hydrogen) atoms. The zero-order valence-corrected chi connectivity index (χ0v) is 11.6. The molecule has 0 spiro atoms. The van der Waals surface area contributed by atoms with Crippen molar-refractivity contribution in [3.63, 3.8) is 0 Å². The lowest BCUT2D eigenvalue weighted by atomic mass is 10.1. The summed E-state index contributed by atoms with van der Waals surface area (Å²) in [5.41, 5.74) is 11.3. The van der Waals surface area contributed by atoms with E-state index in [9.17, 15) is 0 Å². The van der Waals surface area contributed by atoms with Crippen LogP contribution in [-0.2, 0) is 0 Å². The number of aryl methyl sites for hydroxylation is 2. The van der Waals surface area contributed by atoms with Crippen molar-refractivity contribution in [1.82, 2.24) is 0 Å². The van der Waals surface area contributed by atoms with E-state index in [2.05, 4.69) is 36.9 Å². The highest BCUT2D eigenvalue weighted by Gasteiger charge is 2.08. The molecule has 2 N–H and O–H groups in total. The van der Waals surface area contributed by atoms with Gasteiger partial charge in [0.25, 0.3) is 0 Å². The molecule has 0 saturated carbocycles. The van der Waals surface area contributed by atoms with Crippen LogP contribution in [0.4, 0.5) is 17.1 Å². The Morgan fingerprint density at radius 3 is 2.17 bits per heavy atom. The highest BCUT2D eigenvalue weighted by atomic mass is 35.5. The maximum atomic E-state index is 6.01. The lowest BCUT2D eigenvalue weighted by molar-refractivity contribution is 1.19. The Labute approximate surface area is 113 Å². The van der Waals surface area contributed by atoms with Gasteiger partial charge in [0.2, 0.25) is 0 Å². The predicted octanol–water partition coefficient (Wildman–Crippen LogP) is 4.31. The van der Waals surface area contributed by atoms with E-state index in [-0.39, 0.29) is 0 Å². The SMILES string of the molecule is Cc1cc(C)cc(N(C)c2ccc(Cl)cc2N)c1. The van der Waals surface area contributed by atoms with E-state index in [1.807, 2.05) is 19.2 Å². The van der Waals surface area contributed by atoms with Gasteiger partial charge in [0.1, 0.15) is 0 Å². The number of nitrogens with two attached hydrogens (primary N) is 1. The van der Waals surface area contributed by atoms with Gasteiger partial charge < -0.3 is 10.6 Å². The molecule has 0 aliphatic heterocycles. The van der Waals surface area contributed by atoms with Crippen molar-refractivity contribution >= 4 is 28.7 Å². The van der Waals surface area contributed by atoms with Crippen molar-refractivity contribution in [3.8, 4) is 0 Å². The summed E-state index contributed by atoms with van der Waals surface area (Å²) in [6, 6.07) is 12.0. The van der Waals surface area contributed by atoms with E-state index in [4.69, 9.17) is 17.3 Å². The normalized spacial score (nSPS) is 10.4. The van der Waals surface area contributed by atoms with Gasteiger partial charge in [-0.25, -0.2) is 0 Å². The highest BCUT2D eigenvalue weighted by molar-refractivity contribution is 6.31. The predicted molar refractivity (Wildman–Crippen MR) is 79.8 cm³/mol. The molecular formula is C15H17ClN2. The van der Waals surface area contributed by atoms with E-state index >= 15 is 0 Å².